The molecule has 0 bridgehead atoms. The molecule has 1 fully saturated rings. The molecule has 1 unspecified atom stereocenters. The van der Waals surface area contributed by atoms with E-state index in [0.717, 1.165) is 97.6 Å². The van der Waals surface area contributed by atoms with Gasteiger partial charge in [0.1, 0.15) is 6.10 Å². The van der Waals surface area contributed by atoms with E-state index >= 15 is 0 Å². The van der Waals surface area contributed by atoms with Gasteiger partial charge in [-0.05, 0) is 84.8 Å². The van der Waals surface area contributed by atoms with Gasteiger partial charge in [-0.15, -0.1) is 0 Å². The standard InChI is InChI=1S/C48H93NO6/c1-5-7-9-11-18-24-29-40-51-41-30-25-19-14-12-16-21-27-34-46(55-47(50)36-33-39-49(3)4)35-28-22-17-13-15-20-26-32-43-54-48(37-44-52-45-38-48)53-42-31-23-10-8-6-2/h24,29,46H,5-23,25-28,30-45H2,1-4H3/b29-24-. The summed E-state index contributed by atoms with van der Waals surface area (Å²) >= 11 is 0. The van der Waals surface area contributed by atoms with Crippen LogP contribution < -0.4 is 0 Å². The Morgan fingerprint density at radius 3 is 1.60 bits per heavy atom. The first-order valence-corrected chi connectivity index (χ1v) is 23.9. The van der Waals surface area contributed by atoms with E-state index in [4.69, 9.17) is 23.7 Å². The van der Waals surface area contributed by atoms with Crippen molar-refractivity contribution in [1.82, 2.24) is 4.90 Å². The molecule has 0 radical (unpaired) electrons. The minimum absolute atomic E-state index is 0.00467. The third kappa shape index (κ3) is 34.7. The number of rotatable bonds is 42. The van der Waals surface area contributed by atoms with E-state index in [1.165, 1.54) is 148 Å². The van der Waals surface area contributed by atoms with Crippen LogP contribution in [0.25, 0.3) is 0 Å². The van der Waals surface area contributed by atoms with E-state index in [2.05, 4.69) is 45.0 Å². The van der Waals surface area contributed by atoms with Crippen LogP contribution in [0.1, 0.15) is 219 Å². The summed E-state index contributed by atoms with van der Waals surface area (Å²) in [7, 11) is 4.12. The van der Waals surface area contributed by atoms with Gasteiger partial charge in [0.05, 0.1) is 33.0 Å². The molecule has 0 aromatic carbocycles. The molecule has 0 saturated carbocycles. The number of carbonyl (C=O) groups is 1. The third-order valence-corrected chi connectivity index (χ3v) is 11.1. The number of unbranched alkanes of at least 4 members (excludes halogenated alkanes) is 22. The quantitative estimate of drug-likeness (QED) is 0.0264. The van der Waals surface area contributed by atoms with Crippen LogP contribution in [0.3, 0.4) is 0 Å². The van der Waals surface area contributed by atoms with Crippen molar-refractivity contribution in [2.75, 3.05) is 60.3 Å². The van der Waals surface area contributed by atoms with E-state index in [1.807, 2.05) is 0 Å². The van der Waals surface area contributed by atoms with Crippen molar-refractivity contribution in [3.05, 3.63) is 12.2 Å². The van der Waals surface area contributed by atoms with E-state index in [-0.39, 0.29) is 12.1 Å². The third-order valence-electron chi connectivity index (χ3n) is 11.1. The maximum absolute atomic E-state index is 12.6. The molecule has 7 heteroatoms. The van der Waals surface area contributed by atoms with Crippen molar-refractivity contribution in [3.63, 3.8) is 0 Å². The molecule has 0 aromatic heterocycles. The Bertz CT molecular complexity index is 829. The van der Waals surface area contributed by atoms with Crippen LogP contribution in [0.5, 0.6) is 0 Å². The summed E-state index contributed by atoms with van der Waals surface area (Å²) in [6, 6.07) is 0. The van der Waals surface area contributed by atoms with Gasteiger partial charge >= 0.3 is 5.97 Å². The minimum Gasteiger partial charge on any atom is -0.462 e. The van der Waals surface area contributed by atoms with Crippen LogP contribution in [0.15, 0.2) is 12.2 Å². The van der Waals surface area contributed by atoms with Crippen molar-refractivity contribution < 1.29 is 28.5 Å². The highest BCUT2D eigenvalue weighted by molar-refractivity contribution is 5.69. The van der Waals surface area contributed by atoms with Crippen molar-refractivity contribution in [3.8, 4) is 0 Å². The van der Waals surface area contributed by atoms with Crippen LogP contribution in [0.2, 0.25) is 0 Å². The Balaban J connectivity index is 2.13. The van der Waals surface area contributed by atoms with Crippen molar-refractivity contribution >= 4 is 5.97 Å². The Hall–Kier alpha value is -0.990. The van der Waals surface area contributed by atoms with Gasteiger partial charge in [-0.1, -0.05) is 148 Å². The van der Waals surface area contributed by atoms with Crippen molar-refractivity contribution in [2.45, 2.75) is 231 Å². The lowest BCUT2D eigenvalue weighted by molar-refractivity contribution is -0.269. The van der Waals surface area contributed by atoms with Gasteiger partial charge in [-0.3, -0.25) is 4.79 Å². The van der Waals surface area contributed by atoms with Crippen molar-refractivity contribution in [1.29, 1.82) is 0 Å². The largest absolute Gasteiger partial charge is 0.462 e. The molecule has 0 amide bonds. The zero-order chi connectivity index (χ0) is 39.8. The zero-order valence-electron chi connectivity index (χ0n) is 37.2. The van der Waals surface area contributed by atoms with Gasteiger partial charge in [0.25, 0.3) is 0 Å². The summed E-state index contributed by atoms with van der Waals surface area (Å²) in [5.41, 5.74) is 0. The molecule has 0 aromatic rings. The Morgan fingerprint density at radius 2 is 1.07 bits per heavy atom. The predicted octanol–water partition coefficient (Wildman–Crippen LogP) is 13.3. The maximum Gasteiger partial charge on any atom is 0.306 e. The number of hydrogen-bond acceptors (Lipinski definition) is 7. The van der Waals surface area contributed by atoms with Crippen LogP contribution in [0.4, 0.5) is 0 Å². The second-order valence-electron chi connectivity index (χ2n) is 16.8. The van der Waals surface area contributed by atoms with Crippen LogP contribution in [-0.2, 0) is 28.5 Å². The van der Waals surface area contributed by atoms with E-state index < -0.39 is 5.79 Å². The number of allylic oxidation sites excluding steroid dienone is 1. The Kier molecular flexibility index (Phi) is 37.7. The van der Waals surface area contributed by atoms with Gasteiger partial charge in [0, 0.05) is 25.9 Å². The molecule has 0 N–H and O–H groups in total. The zero-order valence-corrected chi connectivity index (χ0v) is 37.2. The molecule has 1 atom stereocenters. The second kappa shape index (κ2) is 39.8. The number of esters is 1. The molecule has 0 aliphatic carbocycles. The highest BCUT2D eigenvalue weighted by Crippen LogP contribution is 2.28. The van der Waals surface area contributed by atoms with Gasteiger partial charge in [0.2, 0.25) is 0 Å². The molecule has 1 heterocycles. The minimum atomic E-state index is -0.415. The summed E-state index contributed by atoms with van der Waals surface area (Å²) in [5.74, 6) is -0.419. The Morgan fingerprint density at radius 1 is 0.600 bits per heavy atom. The molecule has 1 rings (SSSR count). The number of ether oxygens (including phenoxy) is 5. The maximum atomic E-state index is 12.6. The van der Waals surface area contributed by atoms with Gasteiger partial charge in [-0.25, -0.2) is 0 Å². The lowest BCUT2D eigenvalue weighted by Crippen LogP contribution is -2.42. The number of nitrogens with zero attached hydrogens (tertiary/aromatic N) is 1. The molecule has 326 valence electrons. The van der Waals surface area contributed by atoms with E-state index in [0.29, 0.717) is 6.42 Å². The molecule has 55 heavy (non-hydrogen) atoms. The number of carbonyl (C=O) groups excluding carboxylic acids is 1. The second-order valence-corrected chi connectivity index (χ2v) is 16.8. The lowest BCUT2D eigenvalue weighted by Gasteiger charge is -2.37. The topological polar surface area (TPSA) is 66.5 Å². The van der Waals surface area contributed by atoms with E-state index in [9.17, 15) is 4.79 Å². The summed E-state index contributed by atoms with van der Waals surface area (Å²) in [5, 5.41) is 0. The van der Waals surface area contributed by atoms with Crippen LogP contribution >= 0.6 is 0 Å². The lowest BCUT2D eigenvalue weighted by atomic mass is 10.0. The first kappa shape index (κ1) is 52.0. The first-order chi connectivity index (χ1) is 27.0. The molecule has 1 aliphatic rings. The summed E-state index contributed by atoms with van der Waals surface area (Å²) in [6.07, 6.45) is 42.5. The van der Waals surface area contributed by atoms with Gasteiger partial charge in [-0.2, -0.15) is 0 Å². The molecule has 0 spiro atoms. The highest BCUT2D eigenvalue weighted by Gasteiger charge is 2.34. The molecule has 1 aliphatic heterocycles. The van der Waals surface area contributed by atoms with Crippen LogP contribution in [-0.4, -0.2) is 83.0 Å². The highest BCUT2D eigenvalue weighted by atomic mass is 16.7. The van der Waals surface area contributed by atoms with Crippen LogP contribution in [0, 0.1) is 0 Å². The Labute approximate surface area is 342 Å². The smallest absolute Gasteiger partial charge is 0.306 e. The molecule has 1 saturated heterocycles. The average Bonchev–Trinajstić information content (AvgIpc) is 3.18. The molecular weight excluding hydrogens is 687 g/mol. The monoisotopic (exact) mass is 780 g/mol. The fourth-order valence-corrected chi connectivity index (χ4v) is 7.48. The normalized spacial score (nSPS) is 15.0. The molecule has 7 nitrogen and oxygen atoms in total. The fourth-order valence-electron chi connectivity index (χ4n) is 7.48. The summed E-state index contributed by atoms with van der Waals surface area (Å²) < 4.78 is 30.1. The first-order valence-electron chi connectivity index (χ1n) is 23.9. The predicted molar refractivity (Wildman–Crippen MR) is 233 cm³/mol. The summed E-state index contributed by atoms with van der Waals surface area (Å²) in [6.45, 7) is 10.2. The van der Waals surface area contributed by atoms with Gasteiger partial charge in [0.15, 0.2) is 5.79 Å². The number of hydrogen-bond donors (Lipinski definition) is 0. The fraction of sp³-hybridized carbons (Fsp3) is 0.938. The van der Waals surface area contributed by atoms with E-state index in [1.54, 1.807) is 0 Å². The van der Waals surface area contributed by atoms with Crippen molar-refractivity contribution in [2.24, 2.45) is 0 Å². The summed E-state index contributed by atoms with van der Waals surface area (Å²) in [4.78, 5) is 14.8. The SMILES string of the molecule is CCCCCC/C=C\COCCCCCCCCCCC(CCCCCCCCCCOC1(OCCCCCCC)CCOCC1)OC(=O)CCCN(C)C. The molecular formula is C48H93NO6. The van der Waals surface area contributed by atoms with Gasteiger partial charge < -0.3 is 28.6 Å². The average molecular weight is 780 g/mol.